The first-order valence-electron chi connectivity index (χ1n) is 7.57. The van der Waals surface area contributed by atoms with E-state index in [-0.39, 0.29) is 0 Å². The Morgan fingerprint density at radius 1 is 1.05 bits per heavy atom. The van der Waals surface area contributed by atoms with Crippen LogP contribution >= 0.6 is 0 Å². The molecule has 1 aromatic carbocycles. The number of nitrogens with two attached hydrogens (primary N) is 1. The van der Waals surface area contributed by atoms with Gasteiger partial charge >= 0.3 is 0 Å². The number of aliphatic imine (C=N–C) groups is 1. The van der Waals surface area contributed by atoms with Gasteiger partial charge in [0.05, 0.1) is 0 Å². The summed E-state index contributed by atoms with van der Waals surface area (Å²) in [7, 11) is 0. The fraction of sp³-hybridized carbons (Fsp3) is 0.294. The third-order valence-electron chi connectivity index (χ3n) is 3.13. The van der Waals surface area contributed by atoms with Crippen molar-refractivity contribution in [2.24, 2.45) is 10.7 Å². The molecule has 0 atom stereocenters. The number of hydrogen-bond donors (Lipinski definition) is 3. The van der Waals surface area contributed by atoms with Crippen LogP contribution in [0.25, 0.3) is 0 Å². The Morgan fingerprint density at radius 3 is 2.64 bits per heavy atom. The number of pyridine rings is 1. The van der Waals surface area contributed by atoms with Crippen LogP contribution in [0.1, 0.15) is 12.1 Å². The Bertz CT molecular complexity index is 554. The molecule has 2 aromatic rings. The molecule has 0 aliphatic rings. The highest BCUT2D eigenvalue weighted by molar-refractivity contribution is 5.77. The summed E-state index contributed by atoms with van der Waals surface area (Å²) >= 11 is 0. The molecular formula is C17H23N5. The predicted octanol–water partition coefficient (Wildman–Crippen LogP) is 2.03. The number of guanidine groups is 1. The molecule has 2 rings (SSSR count). The number of hydrogen-bond acceptors (Lipinski definition) is 3. The highest BCUT2D eigenvalue weighted by Crippen LogP contribution is 2.04. The van der Waals surface area contributed by atoms with Gasteiger partial charge in [0, 0.05) is 43.6 Å². The molecule has 116 valence electrons. The van der Waals surface area contributed by atoms with Crippen LogP contribution in [0.2, 0.25) is 0 Å². The van der Waals surface area contributed by atoms with Crippen molar-refractivity contribution in [2.75, 3.05) is 25.0 Å². The number of benzene rings is 1. The SMILES string of the molecule is NC(=NCCCNc1ccccc1)NCCc1ccccn1. The van der Waals surface area contributed by atoms with Crippen molar-refractivity contribution in [3.8, 4) is 0 Å². The first-order chi connectivity index (χ1) is 10.8. The normalized spacial score (nSPS) is 11.2. The van der Waals surface area contributed by atoms with Gasteiger partial charge in [-0.15, -0.1) is 0 Å². The fourth-order valence-electron chi connectivity index (χ4n) is 1.99. The van der Waals surface area contributed by atoms with E-state index in [0.29, 0.717) is 12.5 Å². The van der Waals surface area contributed by atoms with E-state index in [9.17, 15) is 0 Å². The smallest absolute Gasteiger partial charge is 0.188 e. The van der Waals surface area contributed by atoms with E-state index in [4.69, 9.17) is 5.73 Å². The van der Waals surface area contributed by atoms with E-state index < -0.39 is 0 Å². The molecular weight excluding hydrogens is 274 g/mol. The van der Waals surface area contributed by atoms with Crippen molar-refractivity contribution >= 4 is 11.6 Å². The second-order valence-corrected chi connectivity index (χ2v) is 4.91. The first-order valence-corrected chi connectivity index (χ1v) is 7.57. The summed E-state index contributed by atoms with van der Waals surface area (Å²) in [6, 6.07) is 16.0. The number of anilines is 1. The lowest BCUT2D eigenvalue weighted by molar-refractivity contribution is 0.815. The molecule has 5 heteroatoms. The van der Waals surface area contributed by atoms with Gasteiger partial charge in [0.2, 0.25) is 0 Å². The molecule has 0 spiro atoms. The number of nitrogens with one attached hydrogen (secondary N) is 2. The minimum Gasteiger partial charge on any atom is -0.385 e. The topological polar surface area (TPSA) is 75.3 Å². The molecule has 0 radical (unpaired) electrons. The van der Waals surface area contributed by atoms with E-state index in [2.05, 4.69) is 32.7 Å². The zero-order chi connectivity index (χ0) is 15.5. The lowest BCUT2D eigenvalue weighted by Gasteiger charge is -2.06. The van der Waals surface area contributed by atoms with Gasteiger partial charge in [-0.05, 0) is 30.7 Å². The average Bonchev–Trinajstić information content (AvgIpc) is 2.56. The zero-order valence-electron chi connectivity index (χ0n) is 12.7. The van der Waals surface area contributed by atoms with Crippen molar-refractivity contribution in [2.45, 2.75) is 12.8 Å². The molecule has 0 saturated carbocycles. The molecule has 22 heavy (non-hydrogen) atoms. The van der Waals surface area contributed by atoms with Gasteiger partial charge in [0.15, 0.2) is 5.96 Å². The quantitative estimate of drug-likeness (QED) is 0.396. The first kappa shape index (κ1) is 15.8. The van der Waals surface area contributed by atoms with Crippen LogP contribution in [0.3, 0.4) is 0 Å². The van der Waals surface area contributed by atoms with Crippen LogP contribution in [-0.4, -0.2) is 30.6 Å². The van der Waals surface area contributed by atoms with Crippen LogP contribution in [0.4, 0.5) is 5.69 Å². The molecule has 0 saturated heterocycles. The summed E-state index contributed by atoms with van der Waals surface area (Å²) < 4.78 is 0. The largest absolute Gasteiger partial charge is 0.385 e. The average molecular weight is 297 g/mol. The van der Waals surface area contributed by atoms with E-state index in [1.54, 1.807) is 6.20 Å². The fourth-order valence-corrected chi connectivity index (χ4v) is 1.99. The van der Waals surface area contributed by atoms with E-state index in [1.807, 2.05) is 36.4 Å². The number of nitrogens with zero attached hydrogens (tertiary/aromatic N) is 2. The molecule has 0 aliphatic heterocycles. The zero-order valence-corrected chi connectivity index (χ0v) is 12.7. The van der Waals surface area contributed by atoms with Crippen molar-refractivity contribution in [1.29, 1.82) is 0 Å². The highest BCUT2D eigenvalue weighted by Gasteiger charge is 1.95. The van der Waals surface area contributed by atoms with Gasteiger partial charge in [-0.2, -0.15) is 0 Å². The molecule has 0 fully saturated rings. The molecule has 0 aliphatic carbocycles. The van der Waals surface area contributed by atoms with Gasteiger partial charge < -0.3 is 16.4 Å². The molecule has 4 N–H and O–H groups in total. The second kappa shape index (κ2) is 9.39. The lowest BCUT2D eigenvalue weighted by Crippen LogP contribution is -2.33. The third kappa shape index (κ3) is 6.26. The number of rotatable bonds is 8. The minimum atomic E-state index is 0.496. The maximum Gasteiger partial charge on any atom is 0.188 e. The Morgan fingerprint density at radius 2 is 1.86 bits per heavy atom. The summed E-state index contributed by atoms with van der Waals surface area (Å²) in [5, 5.41) is 6.45. The summed E-state index contributed by atoms with van der Waals surface area (Å²) in [5.74, 6) is 0.496. The number of aromatic nitrogens is 1. The second-order valence-electron chi connectivity index (χ2n) is 4.91. The molecule has 1 heterocycles. The van der Waals surface area contributed by atoms with E-state index in [0.717, 1.165) is 37.3 Å². The van der Waals surface area contributed by atoms with Crippen molar-refractivity contribution < 1.29 is 0 Å². The summed E-state index contributed by atoms with van der Waals surface area (Å²) in [6.45, 7) is 2.34. The van der Waals surface area contributed by atoms with Crippen LogP contribution < -0.4 is 16.4 Å². The van der Waals surface area contributed by atoms with Crippen molar-refractivity contribution in [1.82, 2.24) is 10.3 Å². The Balaban J connectivity index is 1.55. The minimum absolute atomic E-state index is 0.496. The van der Waals surface area contributed by atoms with E-state index in [1.165, 1.54) is 0 Å². The molecule has 0 unspecified atom stereocenters. The number of para-hydroxylation sites is 1. The monoisotopic (exact) mass is 297 g/mol. The molecule has 5 nitrogen and oxygen atoms in total. The van der Waals surface area contributed by atoms with Gasteiger partial charge in [-0.1, -0.05) is 24.3 Å². The van der Waals surface area contributed by atoms with Crippen molar-refractivity contribution in [3.05, 3.63) is 60.4 Å². The Labute approximate surface area is 131 Å². The predicted molar refractivity (Wildman–Crippen MR) is 92.0 cm³/mol. The lowest BCUT2D eigenvalue weighted by atomic mass is 10.3. The van der Waals surface area contributed by atoms with Crippen LogP contribution in [0.15, 0.2) is 59.7 Å². The van der Waals surface area contributed by atoms with Crippen LogP contribution in [0, 0.1) is 0 Å². The molecule has 0 amide bonds. The van der Waals surface area contributed by atoms with Crippen molar-refractivity contribution in [3.63, 3.8) is 0 Å². The summed E-state index contributed by atoms with van der Waals surface area (Å²) in [4.78, 5) is 8.57. The summed E-state index contributed by atoms with van der Waals surface area (Å²) in [6.07, 6.45) is 3.58. The van der Waals surface area contributed by atoms with E-state index >= 15 is 0 Å². The standard InChI is InChI=1S/C17H23N5/c18-17(22-14-10-16-9-4-5-11-19-16)21-13-6-12-20-15-7-2-1-3-8-15/h1-5,7-9,11,20H,6,10,12-14H2,(H3,18,21,22). The maximum absolute atomic E-state index is 5.83. The van der Waals surface area contributed by atoms with Gasteiger partial charge in [-0.3, -0.25) is 9.98 Å². The Kier molecular flexibility index (Phi) is 6.75. The highest BCUT2D eigenvalue weighted by atomic mass is 15.1. The maximum atomic E-state index is 5.83. The summed E-state index contributed by atoms with van der Waals surface area (Å²) in [5.41, 5.74) is 8.01. The van der Waals surface area contributed by atoms with Gasteiger partial charge in [0.1, 0.15) is 0 Å². The van der Waals surface area contributed by atoms with Crippen LogP contribution in [0.5, 0.6) is 0 Å². The molecule has 0 bridgehead atoms. The molecule has 1 aromatic heterocycles. The Hall–Kier alpha value is -2.56. The van der Waals surface area contributed by atoms with Crippen LogP contribution in [-0.2, 0) is 6.42 Å². The van der Waals surface area contributed by atoms with Gasteiger partial charge in [0.25, 0.3) is 0 Å². The van der Waals surface area contributed by atoms with Gasteiger partial charge in [-0.25, -0.2) is 0 Å². The third-order valence-corrected chi connectivity index (χ3v) is 3.13.